The highest BCUT2D eigenvalue weighted by atomic mass is 35.5. The number of alkyl halides is 1. The summed E-state index contributed by atoms with van der Waals surface area (Å²) in [5.41, 5.74) is 1.04. The number of nitrogens with zero attached hydrogens (tertiary/aromatic N) is 2. The minimum Gasteiger partial charge on any atom is -0.477 e. The number of hydrogen-bond acceptors (Lipinski definition) is 3. The van der Waals surface area contributed by atoms with E-state index in [0.29, 0.717) is 18.4 Å². The molecule has 0 aliphatic carbocycles. The van der Waals surface area contributed by atoms with Gasteiger partial charge in [-0.1, -0.05) is 20.8 Å². The molecule has 15 heavy (non-hydrogen) atoms. The second kappa shape index (κ2) is 5.31. The van der Waals surface area contributed by atoms with Crippen molar-refractivity contribution in [3.63, 3.8) is 0 Å². The van der Waals surface area contributed by atoms with Crippen LogP contribution in [-0.4, -0.2) is 16.6 Å². The van der Waals surface area contributed by atoms with Crippen LogP contribution in [0, 0.1) is 5.41 Å². The standard InChI is InChI=1S/C11H17ClN2O/c1-11(2,3)4-5-15-10-8-13-9(6-12)7-14-10/h7-8H,4-6H2,1-3H3. The van der Waals surface area contributed by atoms with Gasteiger partial charge in [-0.05, 0) is 11.8 Å². The molecule has 1 rings (SSSR count). The Hall–Kier alpha value is -0.830. The van der Waals surface area contributed by atoms with Crippen LogP contribution >= 0.6 is 11.6 Å². The van der Waals surface area contributed by atoms with Gasteiger partial charge in [0.1, 0.15) is 0 Å². The van der Waals surface area contributed by atoms with E-state index in [9.17, 15) is 0 Å². The smallest absolute Gasteiger partial charge is 0.232 e. The van der Waals surface area contributed by atoms with Gasteiger partial charge in [-0.2, -0.15) is 0 Å². The number of aromatic nitrogens is 2. The lowest BCUT2D eigenvalue weighted by Gasteiger charge is -2.17. The summed E-state index contributed by atoms with van der Waals surface area (Å²) in [5.74, 6) is 0.947. The lowest BCUT2D eigenvalue weighted by molar-refractivity contribution is 0.235. The summed E-state index contributed by atoms with van der Waals surface area (Å²) in [6.45, 7) is 7.20. The van der Waals surface area contributed by atoms with Gasteiger partial charge in [-0.3, -0.25) is 4.98 Å². The lowest BCUT2D eigenvalue weighted by Crippen LogP contribution is -2.11. The van der Waals surface area contributed by atoms with E-state index in [1.165, 1.54) is 0 Å². The molecule has 84 valence electrons. The van der Waals surface area contributed by atoms with Crippen LogP contribution in [0.1, 0.15) is 32.9 Å². The van der Waals surface area contributed by atoms with E-state index in [1.54, 1.807) is 12.4 Å². The van der Waals surface area contributed by atoms with Crippen LogP contribution in [0.3, 0.4) is 0 Å². The molecule has 0 saturated carbocycles. The third kappa shape index (κ3) is 4.98. The highest BCUT2D eigenvalue weighted by Crippen LogP contribution is 2.18. The molecule has 0 radical (unpaired) electrons. The zero-order valence-corrected chi connectivity index (χ0v) is 10.2. The van der Waals surface area contributed by atoms with Gasteiger partial charge in [0.2, 0.25) is 5.88 Å². The third-order valence-corrected chi connectivity index (χ3v) is 2.19. The molecule has 0 fully saturated rings. The molecule has 3 nitrogen and oxygen atoms in total. The fraction of sp³-hybridized carbons (Fsp3) is 0.636. The van der Waals surface area contributed by atoms with Gasteiger partial charge in [0.25, 0.3) is 0 Å². The molecule has 0 atom stereocenters. The molecule has 0 spiro atoms. The van der Waals surface area contributed by atoms with Gasteiger partial charge in [-0.15, -0.1) is 11.6 Å². The van der Waals surface area contributed by atoms with E-state index in [-0.39, 0.29) is 5.41 Å². The second-order valence-electron chi connectivity index (χ2n) is 4.64. The monoisotopic (exact) mass is 228 g/mol. The van der Waals surface area contributed by atoms with Crippen molar-refractivity contribution in [2.45, 2.75) is 33.1 Å². The van der Waals surface area contributed by atoms with Crippen molar-refractivity contribution in [2.24, 2.45) is 5.41 Å². The average Bonchev–Trinajstić information content (AvgIpc) is 2.17. The van der Waals surface area contributed by atoms with Gasteiger partial charge in [0, 0.05) is 0 Å². The topological polar surface area (TPSA) is 35.0 Å². The van der Waals surface area contributed by atoms with Gasteiger partial charge >= 0.3 is 0 Å². The fourth-order valence-electron chi connectivity index (χ4n) is 0.948. The molecule has 0 aliphatic heterocycles. The molecular weight excluding hydrogens is 212 g/mol. The maximum Gasteiger partial charge on any atom is 0.232 e. The number of halogens is 1. The van der Waals surface area contributed by atoms with Gasteiger partial charge in [0.05, 0.1) is 30.6 Å². The minimum atomic E-state index is 0.281. The molecular formula is C11H17ClN2O. The molecule has 0 saturated heterocycles. The van der Waals surface area contributed by atoms with Crippen LogP contribution in [0.15, 0.2) is 12.4 Å². The van der Waals surface area contributed by atoms with Gasteiger partial charge < -0.3 is 4.74 Å². The second-order valence-corrected chi connectivity index (χ2v) is 4.91. The first-order valence-corrected chi connectivity index (χ1v) is 5.54. The predicted octanol–water partition coefficient (Wildman–Crippen LogP) is 3.03. The Kier molecular flexibility index (Phi) is 4.33. The molecule has 0 N–H and O–H groups in total. The molecule has 0 amide bonds. The van der Waals surface area contributed by atoms with E-state index in [0.717, 1.165) is 12.1 Å². The van der Waals surface area contributed by atoms with Gasteiger partial charge in [0.15, 0.2) is 0 Å². The molecule has 0 bridgehead atoms. The lowest BCUT2D eigenvalue weighted by atomic mass is 9.93. The Morgan fingerprint density at radius 3 is 2.47 bits per heavy atom. The molecule has 4 heteroatoms. The Morgan fingerprint density at radius 2 is 2.00 bits per heavy atom. The van der Waals surface area contributed by atoms with E-state index in [1.807, 2.05) is 0 Å². The Bertz CT molecular complexity index is 292. The Labute approximate surface area is 95.8 Å². The molecule has 1 aromatic rings. The van der Waals surface area contributed by atoms with Crippen LogP contribution in [-0.2, 0) is 5.88 Å². The average molecular weight is 229 g/mol. The molecule has 1 aromatic heterocycles. The van der Waals surface area contributed by atoms with Crippen molar-refractivity contribution >= 4 is 11.6 Å². The van der Waals surface area contributed by atoms with Crippen molar-refractivity contribution in [2.75, 3.05) is 6.61 Å². The maximum atomic E-state index is 5.60. The quantitative estimate of drug-likeness (QED) is 0.743. The molecule has 0 unspecified atom stereocenters. The summed E-state index contributed by atoms with van der Waals surface area (Å²) in [7, 11) is 0. The summed E-state index contributed by atoms with van der Waals surface area (Å²) in [4.78, 5) is 8.19. The highest BCUT2D eigenvalue weighted by Gasteiger charge is 2.10. The summed E-state index contributed by atoms with van der Waals surface area (Å²) in [6, 6.07) is 0. The van der Waals surface area contributed by atoms with Gasteiger partial charge in [-0.25, -0.2) is 4.98 Å². The summed E-state index contributed by atoms with van der Waals surface area (Å²) in [5, 5.41) is 0. The molecule has 0 aliphatic rings. The zero-order chi connectivity index (χ0) is 11.3. The third-order valence-electron chi connectivity index (χ3n) is 1.92. The van der Waals surface area contributed by atoms with Crippen LogP contribution < -0.4 is 4.74 Å². The largest absolute Gasteiger partial charge is 0.477 e. The van der Waals surface area contributed by atoms with E-state index >= 15 is 0 Å². The summed E-state index contributed by atoms with van der Waals surface area (Å²) in [6.07, 6.45) is 4.24. The number of ether oxygens (including phenoxy) is 1. The first-order chi connectivity index (χ1) is 7.01. The van der Waals surface area contributed by atoms with E-state index in [2.05, 4.69) is 30.7 Å². The number of rotatable bonds is 4. The maximum absolute atomic E-state index is 5.60. The Morgan fingerprint density at radius 1 is 1.27 bits per heavy atom. The van der Waals surface area contributed by atoms with Crippen LogP contribution in [0.4, 0.5) is 0 Å². The normalized spacial score (nSPS) is 11.5. The molecule has 0 aromatic carbocycles. The predicted molar refractivity (Wildman–Crippen MR) is 61.2 cm³/mol. The van der Waals surface area contributed by atoms with Crippen LogP contribution in [0.2, 0.25) is 0 Å². The van der Waals surface area contributed by atoms with Crippen LogP contribution in [0.25, 0.3) is 0 Å². The highest BCUT2D eigenvalue weighted by molar-refractivity contribution is 6.16. The van der Waals surface area contributed by atoms with Crippen LogP contribution in [0.5, 0.6) is 5.88 Å². The molecule has 1 heterocycles. The SMILES string of the molecule is CC(C)(C)CCOc1cnc(CCl)cn1. The van der Waals surface area contributed by atoms with Crippen molar-refractivity contribution < 1.29 is 4.74 Å². The van der Waals surface area contributed by atoms with Crippen molar-refractivity contribution in [3.05, 3.63) is 18.1 Å². The van der Waals surface area contributed by atoms with E-state index in [4.69, 9.17) is 16.3 Å². The fourth-order valence-corrected chi connectivity index (χ4v) is 1.09. The summed E-state index contributed by atoms with van der Waals surface area (Å²) >= 11 is 5.60. The Balaban J connectivity index is 2.38. The summed E-state index contributed by atoms with van der Waals surface area (Å²) < 4.78 is 5.46. The minimum absolute atomic E-state index is 0.281. The first-order valence-electron chi connectivity index (χ1n) is 5.01. The van der Waals surface area contributed by atoms with Crippen molar-refractivity contribution in [3.8, 4) is 5.88 Å². The first kappa shape index (κ1) is 12.2. The number of hydrogen-bond donors (Lipinski definition) is 0. The van der Waals surface area contributed by atoms with Crippen molar-refractivity contribution in [1.29, 1.82) is 0 Å². The zero-order valence-electron chi connectivity index (χ0n) is 9.46. The van der Waals surface area contributed by atoms with E-state index < -0.39 is 0 Å². The van der Waals surface area contributed by atoms with Crippen molar-refractivity contribution in [1.82, 2.24) is 9.97 Å².